The fourth-order valence-electron chi connectivity index (χ4n) is 2.46. The van der Waals surface area contributed by atoms with Crippen molar-refractivity contribution in [2.24, 2.45) is 0 Å². The maximum Gasteiger partial charge on any atom is 0.240 e. The zero-order valence-electron chi connectivity index (χ0n) is 14.2. The van der Waals surface area contributed by atoms with Crippen LogP contribution in [-0.2, 0) is 10.0 Å². The number of benzene rings is 3. The van der Waals surface area contributed by atoms with Crippen LogP contribution < -0.4 is 4.72 Å². The Morgan fingerprint density at radius 3 is 2.19 bits per heavy atom. The minimum Gasteiger partial charge on any atom is -0.210 e. The Bertz CT molecular complexity index is 979. The molecule has 0 spiro atoms. The van der Waals surface area contributed by atoms with Crippen molar-refractivity contribution in [2.75, 3.05) is 6.54 Å². The van der Waals surface area contributed by atoms with Gasteiger partial charge in [0, 0.05) is 21.7 Å². The summed E-state index contributed by atoms with van der Waals surface area (Å²) in [6, 6.07) is 21.8. The van der Waals surface area contributed by atoms with Crippen LogP contribution in [-0.4, -0.2) is 15.0 Å². The number of nitrogens with one attached hydrogen (secondary N) is 1. The normalized spacial score (nSPS) is 12.7. The van der Waals surface area contributed by atoms with Gasteiger partial charge in [0.05, 0.1) is 4.90 Å². The average Bonchev–Trinajstić information content (AvgIpc) is 2.68. The molecule has 0 aromatic heterocycles. The Kier molecular flexibility index (Phi) is 6.55. The molecule has 3 aromatic rings. The van der Waals surface area contributed by atoms with Crippen LogP contribution in [0.4, 0.5) is 4.39 Å². The molecule has 0 unspecified atom stereocenters. The number of hydrogen-bond donors (Lipinski definition) is 1. The molecule has 0 fully saturated rings. The van der Waals surface area contributed by atoms with Crippen LogP contribution in [0.5, 0.6) is 0 Å². The lowest BCUT2D eigenvalue weighted by Gasteiger charge is -2.18. The third-order valence-electron chi connectivity index (χ3n) is 3.85. The third kappa shape index (κ3) is 5.56. The predicted octanol–water partition coefficient (Wildman–Crippen LogP) is 5.29. The molecule has 3 aromatic carbocycles. The SMILES string of the molecule is O=S(=O)(NC[C@@H](Sc1ccc(F)cc1)c1ccccc1)c1ccc(Cl)cc1. The summed E-state index contributed by atoms with van der Waals surface area (Å²) in [4.78, 5) is 1.02. The average molecular weight is 422 g/mol. The second-order valence-electron chi connectivity index (χ2n) is 5.78. The Morgan fingerprint density at radius 2 is 1.56 bits per heavy atom. The van der Waals surface area contributed by atoms with E-state index in [1.54, 1.807) is 12.1 Å². The highest BCUT2D eigenvalue weighted by atomic mass is 35.5. The molecule has 27 heavy (non-hydrogen) atoms. The Hall–Kier alpha value is -1.86. The fraction of sp³-hybridized carbons (Fsp3) is 0.100. The largest absolute Gasteiger partial charge is 0.240 e. The molecular weight excluding hydrogens is 405 g/mol. The first-order valence-corrected chi connectivity index (χ1v) is 10.9. The predicted molar refractivity (Wildman–Crippen MR) is 108 cm³/mol. The Labute approximate surface area is 167 Å². The van der Waals surface area contributed by atoms with E-state index in [0.717, 1.165) is 10.5 Å². The van der Waals surface area contributed by atoms with Crippen molar-refractivity contribution in [3.05, 3.63) is 95.3 Å². The van der Waals surface area contributed by atoms with Crippen molar-refractivity contribution in [3.8, 4) is 0 Å². The third-order valence-corrected chi connectivity index (χ3v) is 6.81. The minimum atomic E-state index is -3.66. The molecule has 140 valence electrons. The van der Waals surface area contributed by atoms with Crippen LogP contribution in [0, 0.1) is 5.82 Å². The van der Waals surface area contributed by atoms with Gasteiger partial charge >= 0.3 is 0 Å². The van der Waals surface area contributed by atoms with Gasteiger partial charge < -0.3 is 0 Å². The summed E-state index contributed by atoms with van der Waals surface area (Å²) in [5.74, 6) is -0.306. The highest BCUT2D eigenvalue weighted by molar-refractivity contribution is 7.99. The van der Waals surface area contributed by atoms with E-state index in [0.29, 0.717) is 5.02 Å². The Morgan fingerprint density at radius 1 is 0.926 bits per heavy atom. The van der Waals surface area contributed by atoms with Crippen LogP contribution in [0.2, 0.25) is 5.02 Å². The number of rotatable bonds is 7. The molecule has 0 saturated carbocycles. The number of hydrogen-bond acceptors (Lipinski definition) is 3. The topological polar surface area (TPSA) is 46.2 Å². The van der Waals surface area contributed by atoms with Gasteiger partial charge in [-0.15, -0.1) is 11.8 Å². The van der Waals surface area contributed by atoms with E-state index in [2.05, 4.69) is 4.72 Å². The lowest BCUT2D eigenvalue weighted by Crippen LogP contribution is -2.27. The molecule has 0 aliphatic carbocycles. The summed E-state index contributed by atoms with van der Waals surface area (Å²) >= 11 is 7.30. The molecule has 0 amide bonds. The number of thioether (sulfide) groups is 1. The molecular formula is C20H17ClFNO2S2. The highest BCUT2D eigenvalue weighted by Gasteiger charge is 2.19. The monoisotopic (exact) mass is 421 g/mol. The quantitative estimate of drug-likeness (QED) is 0.527. The molecule has 0 heterocycles. The van der Waals surface area contributed by atoms with E-state index in [-0.39, 0.29) is 22.5 Å². The van der Waals surface area contributed by atoms with Gasteiger partial charge in [0.2, 0.25) is 10.0 Å². The van der Waals surface area contributed by atoms with Crippen LogP contribution in [0.1, 0.15) is 10.8 Å². The van der Waals surface area contributed by atoms with Crippen molar-refractivity contribution in [1.29, 1.82) is 0 Å². The van der Waals surface area contributed by atoms with Crippen LogP contribution in [0.25, 0.3) is 0 Å². The van der Waals surface area contributed by atoms with E-state index < -0.39 is 10.0 Å². The van der Waals surface area contributed by atoms with E-state index in [9.17, 15) is 12.8 Å². The maximum atomic E-state index is 13.2. The zero-order valence-corrected chi connectivity index (χ0v) is 16.6. The van der Waals surface area contributed by atoms with Crippen molar-refractivity contribution < 1.29 is 12.8 Å². The summed E-state index contributed by atoms with van der Waals surface area (Å²) in [6.45, 7) is 0.191. The lowest BCUT2D eigenvalue weighted by molar-refractivity contribution is 0.581. The summed E-state index contributed by atoms with van der Waals surface area (Å²) in [5, 5.41) is 0.307. The van der Waals surface area contributed by atoms with E-state index >= 15 is 0 Å². The van der Waals surface area contributed by atoms with Crippen molar-refractivity contribution >= 4 is 33.4 Å². The van der Waals surface area contributed by atoms with Gasteiger partial charge in [-0.1, -0.05) is 41.9 Å². The van der Waals surface area contributed by atoms with Gasteiger partial charge in [0.1, 0.15) is 5.82 Å². The molecule has 3 rings (SSSR count). The molecule has 1 atom stereocenters. The smallest absolute Gasteiger partial charge is 0.210 e. The first-order chi connectivity index (χ1) is 12.9. The lowest BCUT2D eigenvalue weighted by atomic mass is 10.1. The molecule has 7 heteroatoms. The van der Waals surface area contributed by atoms with Crippen LogP contribution in [0.15, 0.2) is 88.7 Å². The summed E-state index contributed by atoms with van der Waals surface area (Å²) in [5.41, 5.74) is 0.977. The van der Waals surface area contributed by atoms with Gasteiger partial charge in [0.15, 0.2) is 0 Å². The van der Waals surface area contributed by atoms with Crippen molar-refractivity contribution in [2.45, 2.75) is 15.0 Å². The molecule has 0 bridgehead atoms. The second kappa shape index (κ2) is 8.89. The van der Waals surface area contributed by atoms with Crippen LogP contribution in [0.3, 0.4) is 0 Å². The van der Waals surface area contributed by atoms with E-state index in [1.165, 1.54) is 48.2 Å². The van der Waals surface area contributed by atoms with Gasteiger partial charge in [-0.25, -0.2) is 17.5 Å². The number of halogens is 2. The van der Waals surface area contributed by atoms with Gasteiger partial charge in [-0.3, -0.25) is 0 Å². The van der Waals surface area contributed by atoms with E-state index in [1.807, 2.05) is 30.3 Å². The molecule has 3 nitrogen and oxygen atoms in total. The first kappa shape index (κ1) is 19.9. The second-order valence-corrected chi connectivity index (χ2v) is 9.26. The minimum absolute atomic E-state index is 0.158. The summed E-state index contributed by atoms with van der Waals surface area (Å²) < 4.78 is 40.9. The van der Waals surface area contributed by atoms with Gasteiger partial charge in [-0.2, -0.15) is 0 Å². The molecule has 0 saturated heterocycles. The Balaban J connectivity index is 1.79. The van der Waals surface area contributed by atoms with E-state index in [4.69, 9.17) is 11.6 Å². The first-order valence-electron chi connectivity index (χ1n) is 8.16. The van der Waals surface area contributed by atoms with Crippen molar-refractivity contribution in [1.82, 2.24) is 4.72 Å². The molecule has 0 aliphatic rings. The zero-order chi connectivity index (χ0) is 19.3. The summed E-state index contributed by atoms with van der Waals surface area (Å²) in [6.07, 6.45) is 0. The molecule has 0 radical (unpaired) electrons. The van der Waals surface area contributed by atoms with Gasteiger partial charge in [0.25, 0.3) is 0 Å². The number of sulfonamides is 1. The summed E-state index contributed by atoms with van der Waals surface area (Å²) in [7, 11) is -3.66. The highest BCUT2D eigenvalue weighted by Crippen LogP contribution is 2.35. The maximum absolute atomic E-state index is 13.2. The van der Waals surface area contributed by atoms with Crippen LogP contribution >= 0.6 is 23.4 Å². The van der Waals surface area contributed by atoms with Crippen molar-refractivity contribution in [3.63, 3.8) is 0 Å². The molecule has 1 N–H and O–H groups in total. The standard InChI is InChI=1S/C20H17ClFNO2S2/c21-16-6-12-19(13-7-16)27(24,25)23-14-20(15-4-2-1-3-5-15)26-18-10-8-17(22)9-11-18/h1-13,20,23H,14H2/t20-/m1/s1. The molecule has 0 aliphatic heterocycles. The fourth-order valence-corrected chi connectivity index (χ4v) is 4.82. The van der Waals surface area contributed by atoms with Gasteiger partial charge in [-0.05, 0) is 54.1 Å².